The lowest BCUT2D eigenvalue weighted by Crippen LogP contribution is -2.38. The molecule has 0 saturated carbocycles. The van der Waals surface area contributed by atoms with Crippen LogP contribution in [0.4, 0.5) is 11.6 Å². The number of methoxy groups -OCH3 is 1. The molecule has 3 heterocycles. The summed E-state index contributed by atoms with van der Waals surface area (Å²) in [6.45, 7) is 2.57. The topological polar surface area (TPSA) is 82.1 Å². The lowest BCUT2D eigenvalue weighted by atomic mass is 10.2. The van der Waals surface area contributed by atoms with E-state index in [0.717, 1.165) is 24.6 Å². The highest BCUT2D eigenvalue weighted by molar-refractivity contribution is 5.38. The molecule has 7 heteroatoms. The Kier molecular flexibility index (Phi) is 2.94. The van der Waals surface area contributed by atoms with Gasteiger partial charge in [-0.25, -0.2) is 4.98 Å². The third kappa shape index (κ3) is 2.31. The van der Waals surface area contributed by atoms with E-state index in [9.17, 15) is 0 Å². The Bertz CT molecular complexity index is 577. The Labute approximate surface area is 111 Å². The van der Waals surface area contributed by atoms with Crippen LogP contribution in [0.5, 0.6) is 5.88 Å². The standard InChI is InChI=1S/C12H16N6O/c1-19-11-9(7-18-8-10(13)6-15-18)5-14-12(16-11)17-3-2-4-17/h5-6,8H,2-4,7,13H2,1H3. The molecular weight excluding hydrogens is 244 g/mol. The van der Waals surface area contributed by atoms with Gasteiger partial charge in [0.15, 0.2) is 0 Å². The van der Waals surface area contributed by atoms with Crippen molar-refractivity contribution >= 4 is 11.6 Å². The van der Waals surface area contributed by atoms with Crippen LogP contribution >= 0.6 is 0 Å². The molecule has 3 rings (SSSR count). The van der Waals surface area contributed by atoms with Crippen molar-refractivity contribution in [2.24, 2.45) is 0 Å². The van der Waals surface area contributed by atoms with E-state index < -0.39 is 0 Å². The lowest BCUT2D eigenvalue weighted by Gasteiger charge is -2.30. The summed E-state index contributed by atoms with van der Waals surface area (Å²) in [5.41, 5.74) is 7.16. The van der Waals surface area contributed by atoms with Crippen LogP contribution in [-0.4, -0.2) is 39.9 Å². The second kappa shape index (κ2) is 4.75. The van der Waals surface area contributed by atoms with Crippen molar-refractivity contribution in [2.75, 3.05) is 30.8 Å². The second-order valence-electron chi connectivity index (χ2n) is 4.52. The van der Waals surface area contributed by atoms with Crippen LogP contribution in [0.3, 0.4) is 0 Å². The number of anilines is 2. The molecule has 2 aromatic heterocycles. The summed E-state index contributed by atoms with van der Waals surface area (Å²) in [5.74, 6) is 1.32. The van der Waals surface area contributed by atoms with Gasteiger partial charge in [-0.05, 0) is 6.42 Å². The zero-order valence-corrected chi connectivity index (χ0v) is 10.8. The highest BCUT2D eigenvalue weighted by Crippen LogP contribution is 2.22. The maximum atomic E-state index is 5.64. The molecule has 0 bridgehead atoms. The van der Waals surface area contributed by atoms with E-state index in [1.165, 1.54) is 6.42 Å². The van der Waals surface area contributed by atoms with E-state index >= 15 is 0 Å². The van der Waals surface area contributed by atoms with Gasteiger partial charge < -0.3 is 15.4 Å². The Morgan fingerprint density at radius 3 is 2.79 bits per heavy atom. The molecule has 2 aromatic rings. The predicted molar refractivity (Wildman–Crippen MR) is 71.2 cm³/mol. The van der Waals surface area contributed by atoms with Gasteiger partial charge >= 0.3 is 0 Å². The van der Waals surface area contributed by atoms with Crippen molar-refractivity contribution in [3.8, 4) is 5.88 Å². The fraction of sp³-hybridized carbons (Fsp3) is 0.417. The number of nitrogens with zero attached hydrogens (tertiary/aromatic N) is 5. The molecule has 19 heavy (non-hydrogen) atoms. The highest BCUT2D eigenvalue weighted by Gasteiger charge is 2.19. The summed E-state index contributed by atoms with van der Waals surface area (Å²) in [4.78, 5) is 10.9. The zero-order valence-electron chi connectivity index (χ0n) is 10.8. The SMILES string of the molecule is COc1nc(N2CCC2)ncc1Cn1cc(N)cn1. The van der Waals surface area contributed by atoms with Gasteiger partial charge in [-0.1, -0.05) is 0 Å². The molecule has 2 N–H and O–H groups in total. The molecule has 1 fully saturated rings. The first-order valence-corrected chi connectivity index (χ1v) is 6.19. The summed E-state index contributed by atoms with van der Waals surface area (Å²) in [6, 6.07) is 0. The van der Waals surface area contributed by atoms with Crippen LogP contribution < -0.4 is 15.4 Å². The molecule has 1 aliphatic heterocycles. The third-order valence-electron chi connectivity index (χ3n) is 3.13. The Hall–Kier alpha value is -2.31. The quantitative estimate of drug-likeness (QED) is 0.863. The normalized spacial score (nSPS) is 14.3. The minimum atomic E-state index is 0.542. The number of hydrogen-bond acceptors (Lipinski definition) is 6. The van der Waals surface area contributed by atoms with Crippen LogP contribution in [0.1, 0.15) is 12.0 Å². The number of nitrogens with two attached hydrogens (primary N) is 1. The number of ether oxygens (including phenoxy) is 1. The molecule has 0 aliphatic carbocycles. The molecule has 0 aromatic carbocycles. The number of rotatable bonds is 4. The van der Waals surface area contributed by atoms with Crippen LogP contribution in [0.2, 0.25) is 0 Å². The number of aromatic nitrogens is 4. The summed E-state index contributed by atoms with van der Waals surface area (Å²) in [5, 5.41) is 4.14. The fourth-order valence-electron chi connectivity index (χ4n) is 1.98. The first-order chi connectivity index (χ1) is 9.26. The Balaban J connectivity index is 1.84. The van der Waals surface area contributed by atoms with E-state index in [4.69, 9.17) is 10.5 Å². The van der Waals surface area contributed by atoms with Crippen LogP contribution in [0.25, 0.3) is 0 Å². The van der Waals surface area contributed by atoms with E-state index in [-0.39, 0.29) is 0 Å². The smallest absolute Gasteiger partial charge is 0.228 e. The van der Waals surface area contributed by atoms with E-state index in [1.54, 1.807) is 30.4 Å². The second-order valence-corrected chi connectivity index (χ2v) is 4.52. The van der Waals surface area contributed by atoms with E-state index in [2.05, 4.69) is 20.0 Å². The van der Waals surface area contributed by atoms with Crippen LogP contribution in [0.15, 0.2) is 18.6 Å². The molecule has 0 atom stereocenters. The summed E-state index contributed by atoms with van der Waals surface area (Å²) < 4.78 is 7.07. The molecule has 0 radical (unpaired) electrons. The molecular formula is C12H16N6O. The summed E-state index contributed by atoms with van der Waals surface area (Å²) >= 11 is 0. The number of nitrogen functional groups attached to an aromatic ring is 1. The predicted octanol–water partition coefficient (Wildman–Crippen LogP) is 0.522. The van der Waals surface area contributed by atoms with Gasteiger partial charge in [0, 0.05) is 25.5 Å². The fourth-order valence-corrected chi connectivity index (χ4v) is 1.98. The maximum absolute atomic E-state index is 5.64. The number of hydrogen-bond donors (Lipinski definition) is 1. The van der Waals surface area contributed by atoms with Gasteiger partial charge in [-0.2, -0.15) is 10.1 Å². The first-order valence-electron chi connectivity index (χ1n) is 6.19. The molecule has 0 amide bonds. The third-order valence-corrected chi connectivity index (χ3v) is 3.13. The minimum absolute atomic E-state index is 0.542. The van der Waals surface area contributed by atoms with Crippen molar-refractivity contribution in [1.29, 1.82) is 0 Å². The zero-order chi connectivity index (χ0) is 13.2. The maximum Gasteiger partial charge on any atom is 0.228 e. The first kappa shape index (κ1) is 11.8. The summed E-state index contributed by atoms with van der Waals surface area (Å²) in [7, 11) is 1.61. The Morgan fingerprint density at radius 1 is 1.37 bits per heavy atom. The molecule has 0 spiro atoms. The van der Waals surface area contributed by atoms with Gasteiger partial charge in [0.2, 0.25) is 11.8 Å². The average Bonchev–Trinajstić information content (AvgIpc) is 2.74. The lowest BCUT2D eigenvalue weighted by molar-refractivity contribution is 0.388. The molecule has 1 aliphatic rings. The van der Waals surface area contributed by atoms with Gasteiger partial charge in [-0.3, -0.25) is 4.68 Å². The summed E-state index contributed by atoms with van der Waals surface area (Å²) in [6.07, 6.45) is 6.36. The van der Waals surface area contributed by atoms with Gasteiger partial charge in [-0.15, -0.1) is 0 Å². The van der Waals surface area contributed by atoms with Crippen LogP contribution in [0, 0.1) is 0 Å². The van der Waals surface area contributed by atoms with Crippen molar-refractivity contribution in [1.82, 2.24) is 19.7 Å². The van der Waals surface area contributed by atoms with E-state index in [0.29, 0.717) is 18.1 Å². The van der Waals surface area contributed by atoms with Crippen molar-refractivity contribution in [2.45, 2.75) is 13.0 Å². The molecule has 1 saturated heterocycles. The largest absolute Gasteiger partial charge is 0.481 e. The highest BCUT2D eigenvalue weighted by atomic mass is 16.5. The molecule has 7 nitrogen and oxygen atoms in total. The average molecular weight is 260 g/mol. The van der Waals surface area contributed by atoms with Crippen LogP contribution in [-0.2, 0) is 6.54 Å². The van der Waals surface area contributed by atoms with Crippen molar-refractivity contribution < 1.29 is 4.74 Å². The van der Waals surface area contributed by atoms with Gasteiger partial charge in [0.25, 0.3) is 0 Å². The monoisotopic (exact) mass is 260 g/mol. The molecule has 100 valence electrons. The molecule has 0 unspecified atom stereocenters. The van der Waals surface area contributed by atoms with E-state index in [1.807, 2.05) is 0 Å². The van der Waals surface area contributed by atoms with Gasteiger partial charge in [0.05, 0.1) is 31.1 Å². The van der Waals surface area contributed by atoms with Gasteiger partial charge in [0.1, 0.15) is 0 Å². The Morgan fingerprint density at radius 2 is 2.21 bits per heavy atom. The van der Waals surface area contributed by atoms with Crippen molar-refractivity contribution in [3.05, 3.63) is 24.2 Å². The van der Waals surface area contributed by atoms with Crippen molar-refractivity contribution in [3.63, 3.8) is 0 Å². The minimum Gasteiger partial charge on any atom is -0.481 e.